The summed E-state index contributed by atoms with van der Waals surface area (Å²) in [6.07, 6.45) is 0.913. The van der Waals surface area contributed by atoms with Crippen LogP contribution < -0.4 is 22.6 Å². The normalized spacial score (nSPS) is 10.0. The molecule has 0 unspecified atom stereocenters. The summed E-state index contributed by atoms with van der Waals surface area (Å²) >= 11 is 0. The second-order valence-corrected chi connectivity index (χ2v) is 5.11. The van der Waals surface area contributed by atoms with Crippen molar-refractivity contribution in [1.29, 1.82) is 0 Å². The molecule has 21 heavy (non-hydrogen) atoms. The first-order valence-electron chi connectivity index (χ1n) is 6.86. The summed E-state index contributed by atoms with van der Waals surface area (Å²) in [5, 5.41) is 3.41. The standard InChI is InChI=1S/C17H21FN2.ClH/c1-20(2)17-9-5-15(6-10-17)13-19-12-11-14-3-7-16(18)8-4-14;/h3-10,19H,11-13H2,1-2H3;1H/p-1. The molecule has 0 atom stereocenters. The molecule has 2 nitrogen and oxygen atoms in total. The molecule has 0 aliphatic rings. The van der Waals surface area contributed by atoms with Crippen LogP contribution in [0.15, 0.2) is 48.5 Å². The lowest BCUT2D eigenvalue weighted by atomic mass is 10.1. The zero-order valence-corrected chi connectivity index (χ0v) is 13.2. The Bertz CT molecular complexity index is 523. The topological polar surface area (TPSA) is 15.3 Å². The molecule has 0 aromatic heterocycles. The van der Waals surface area contributed by atoms with E-state index in [0.29, 0.717) is 0 Å². The van der Waals surface area contributed by atoms with Crippen LogP contribution in [0.2, 0.25) is 0 Å². The van der Waals surface area contributed by atoms with Crippen molar-refractivity contribution in [2.75, 3.05) is 25.5 Å². The number of nitrogens with zero attached hydrogens (tertiary/aromatic N) is 1. The highest BCUT2D eigenvalue weighted by Gasteiger charge is 1.97. The van der Waals surface area contributed by atoms with E-state index in [0.717, 1.165) is 25.1 Å². The lowest BCUT2D eigenvalue weighted by Crippen LogP contribution is -3.00. The Morgan fingerprint density at radius 2 is 1.48 bits per heavy atom. The largest absolute Gasteiger partial charge is 1.00 e. The average Bonchev–Trinajstić information content (AvgIpc) is 2.46. The number of rotatable bonds is 6. The van der Waals surface area contributed by atoms with Crippen LogP contribution in [0.1, 0.15) is 11.1 Å². The SMILES string of the molecule is CN(C)c1ccc(CNCCc2ccc(F)cc2)cc1.[Cl-]. The van der Waals surface area contributed by atoms with Crippen LogP contribution >= 0.6 is 0 Å². The lowest BCUT2D eigenvalue weighted by molar-refractivity contribution is -0.00000479. The van der Waals surface area contributed by atoms with Crippen LogP contribution in [-0.4, -0.2) is 20.6 Å². The third-order valence-corrected chi connectivity index (χ3v) is 3.29. The number of hydrogen-bond acceptors (Lipinski definition) is 2. The maximum absolute atomic E-state index is 12.8. The molecule has 2 aromatic carbocycles. The molecule has 2 aromatic rings. The predicted octanol–water partition coefficient (Wildman–Crippen LogP) is 0.228. The van der Waals surface area contributed by atoms with Gasteiger partial charge in [-0.25, -0.2) is 4.39 Å². The van der Waals surface area contributed by atoms with E-state index in [9.17, 15) is 4.39 Å². The number of nitrogens with one attached hydrogen (secondary N) is 1. The van der Waals surface area contributed by atoms with E-state index in [2.05, 4.69) is 34.5 Å². The maximum Gasteiger partial charge on any atom is 0.123 e. The fourth-order valence-electron chi connectivity index (χ4n) is 2.03. The summed E-state index contributed by atoms with van der Waals surface area (Å²) in [6.45, 7) is 1.75. The molecular formula is C17H21ClFN2-. The van der Waals surface area contributed by atoms with Gasteiger partial charge in [-0.3, -0.25) is 0 Å². The fraction of sp³-hybridized carbons (Fsp3) is 0.294. The van der Waals surface area contributed by atoms with E-state index in [-0.39, 0.29) is 18.2 Å². The van der Waals surface area contributed by atoms with Crippen molar-refractivity contribution in [3.63, 3.8) is 0 Å². The Morgan fingerprint density at radius 3 is 2.05 bits per heavy atom. The van der Waals surface area contributed by atoms with Crippen LogP contribution in [0.5, 0.6) is 0 Å². The van der Waals surface area contributed by atoms with Crippen LogP contribution in [0.3, 0.4) is 0 Å². The van der Waals surface area contributed by atoms with Crippen molar-refractivity contribution in [3.05, 3.63) is 65.5 Å². The molecule has 1 N–H and O–H groups in total. The fourth-order valence-corrected chi connectivity index (χ4v) is 2.03. The van der Waals surface area contributed by atoms with Gasteiger partial charge in [0.05, 0.1) is 0 Å². The molecule has 2 rings (SSSR count). The third kappa shape index (κ3) is 5.74. The van der Waals surface area contributed by atoms with Gasteiger partial charge in [-0.15, -0.1) is 0 Å². The van der Waals surface area contributed by atoms with E-state index in [1.807, 2.05) is 26.2 Å². The van der Waals surface area contributed by atoms with Gasteiger partial charge in [-0.05, 0) is 48.4 Å². The van der Waals surface area contributed by atoms with Crippen molar-refractivity contribution < 1.29 is 16.8 Å². The summed E-state index contributed by atoms with van der Waals surface area (Å²) in [5.74, 6) is -0.178. The molecule has 0 spiro atoms. The molecule has 0 bridgehead atoms. The Balaban J connectivity index is 0.00000220. The van der Waals surface area contributed by atoms with Crippen molar-refractivity contribution in [2.45, 2.75) is 13.0 Å². The molecule has 0 radical (unpaired) electrons. The maximum atomic E-state index is 12.8. The van der Waals surface area contributed by atoms with Gasteiger partial charge in [0, 0.05) is 26.3 Å². The lowest BCUT2D eigenvalue weighted by Gasteiger charge is -2.13. The Morgan fingerprint density at radius 1 is 0.905 bits per heavy atom. The highest BCUT2D eigenvalue weighted by molar-refractivity contribution is 5.45. The minimum Gasteiger partial charge on any atom is -1.00 e. The highest BCUT2D eigenvalue weighted by Crippen LogP contribution is 2.12. The smallest absolute Gasteiger partial charge is 0.123 e. The summed E-state index contributed by atoms with van der Waals surface area (Å²) < 4.78 is 12.8. The van der Waals surface area contributed by atoms with Crippen molar-refractivity contribution in [2.24, 2.45) is 0 Å². The summed E-state index contributed by atoms with van der Waals surface area (Å²) in [6, 6.07) is 15.2. The molecule has 4 heteroatoms. The van der Waals surface area contributed by atoms with E-state index in [4.69, 9.17) is 0 Å². The average molecular weight is 308 g/mol. The minimum absolute atomic E-state index is 0. The third-order valence-electron chi connectivity index (χ3n) is 3.29. The summed E-state index contributed by atoms with van der Waals surface area (Å²) in [5.41, 5.74) is 3.64. The first kappa shape index (κ1) is 17.5. The van der Waals surface area contributed by atoms with E-state index in [1.165, 1.54) is 23.4 Å². The van der Waals surface area contributed by atoms with Crippen LogP contribution in [0.25, 0.3) is 0 Å². The first-order valence-corrected chi connectivity index (χ1v) is 6.86. The van der Waals surface area contributed by atoms with Crippen molar-refractivity contribution in [3.8, 4) is 0 Å². The molecule has 0 amide bonds. The summed E-state index contributed by atoms with van der Waals surface area (Å²) in [4.78, 5) is 2.09. The number of anilines is 1. The van der Waals surface area contributed by atoms with Gasteiger partial charge in [-0.2, -0.15) is 0 Å². The quantitative estimate of drug-likeness (QED) is 0.769. The van der Waals surface area contributed by atoms with Gasteiger partial charge in [0.1, 0.15) is 5.82 Å². The van der Waals surface area contributed by atoms with Crippen LogP contribution in [0, 0.1) is 5.82 Å². The molecule has 114 valence electrons. The van der Waals surface area contributed by atoms with Gasteiger partial charge >= 0.3 is 0 Å². The zero-order chi connectivity index (χ0) is 14.4. The number of hydrogen-bond donors (Lipinski definition) is 1. The number of benzene rings is 2. The van der Waals surface area contributed by atoms with Gasteiger partial charge in [0.2, 0.25) is 0 Å². The Labute approximate surface area is 132 Å². The molecule has 0 saturated carbocycles. The molecule has 0 aliphatic carbocycles. The Hall–Kier alpha value is -1.58. The second-order valence-electron chi connectivity index (χ2n) is 5.11. The Kier molecular flexibility index (Phi) is 7.20. The first-order chi connectivity index (χ1) is 9.65. The molecule has 0 fully saturated rings. The zero-order valence-electron chi connectivity index (χ0n) is 12.4. The number of halogens is 2. The highest BCUT2D eigenvalue weighted by atomic mass is 35.5. The monoisotopic (exact) mass is 307 g/mol. The molecule has 0 aliphatic heterocycles. The molecular weight excluding hydrogens is 287 g/mol. The predicted molar refractivity (Wildman–Crippen MR) is 82.6 cm³/mol. The van der Waals surface area contributed by atoms with Crippen molar-refractivity contribution >= 4 is 5.69 Å². The minimum atomic E-state index is -0.178. The van der Waals surface area contributed by atoms with E-state index >= 15 is 0 Å². The van der Waals surface area contributed by atoms with Crippen LogP contribution in [0.4, 0.5) is 10.1 Å². The van der Waals surface area contributed by atoms with Gasteiger partial charge in [-0.1, -0.05) is 24.3 Å². The van der Waals surface area contributed by atoms with Gasteiger partial charge in [0.15, 0.2) is 0 Å². The second kappa shape index (κ2) is 8.65. The molecule has 0 heterocycles. The van der Waals surface area contributed by atoms with Gasteiger partial charge < -0.3 is 22.6 Å². The van der Waals surface area contributed by atoms with Crippen molar-refractivity contribution in [1.82, 2.24) is 5.32 Å². The van der Waals surface area contributed by atoms with E-state index in [1.54, 1.807) is 0 Å². The molecule has 0 saturated heterocycles. The van der Waals surface area contributed by atoms with E-state index < -0.39 is 0 Å². The van der Waals surface area contributed by atoms with Gasteiger partial charge in [0.25, 0.3) is 0 Å². The summed E-state index contributed by atoms with van der Waals surface area (Å²) in [7, 11) is 4.08. The van der Waals surface area contributed by atoms with Crippen LogP contribution in [-0.2, 0) is 13.0 Å².